The van der Waals surface area contributed by atoms with E-state index in [1.165, 1.54) is 11.8 Å². The summed E-state index contributed by atoms with van der Waals surface area (Å²) in [6.45, 7) is 3.81. The summed E-state index contributed by atoms with van der Waals surface area (Å²) in [6.07, 6.45) is 1.64. The largest absolute Gasteiger partial charge is 0.272 e. The average molecular weight is 426 g/mol. The van der Waals surface area contributed by atoms with Crippen LogP contribution in [-0.2, 0) is 4.79 Å². The molecule has 0 saturated carbocycles. The van der Waals surface area contributed by atoms with Gasteiger partial charge in [0.05, 0.1) is 12.0 Å². The fraction of sp³-hybridized carbons (Fsp3) is 0.200. The van der Waals surface area contributed by atoms with Crippen molar-refractivity contribution in [3.63, 3.8) is 0 Å². The first kappa shape index (κ1) is 16.9. The number of nitrogens with zero attached hydrogens (tertiary/aromatic N) is 3. The van der Waals surface area contributed by atoms with Gasteiger partial charge in [0.15, 0.2) is 5.16 Å². The van der Waals surface area contributed by atoms with Crippen molar-refractivity contribution < 1.29 is 4.79 Å². The van der Waals surface area contributed by atoms with Crippen molar-refractivity contribution in [3.05, 3.63) is 50.9 Å². The lowest BCUT2D eigenvalue weighted by Gasteiger charge is -2.02. The lowest BCUT2D eigenvalue weighted by atomic mass is 10.2. The molecular formula is C15H15IN4OS. The van der Waals surface area contributed by atoms with E-state index in [4.69, 9.17) is 0 Å². The summed E-state index contributed by atoms with van der Waals surface area (Å²) in [7, 11) is 0. The van der Waals surface area contributed by atoms with Crippen molar-refractivity contribution in [2.45, 2.75) is 19.0 Å². The number of carbonyl (C=O) groups is 1. The Morgan fingerprint density at radius 2 is 2.00 bits per heavy atom. The van der Waals surface area contributed by atoms with Gasteiger partial charge in [-0.3, -0.25) is 4.79 Å². The Kier molecular flexibility index (Phi) is 6.32. The second kappa shape index (κ2) is 8.23. The first-order valence-electron chi connectivity index (χ1n) is 6.56. The number of hydrogen-bond acceptors (Lipinski definition) is 5. The number of benzene rings is 1. The summed E-state index contributed by atoms with van der Waals surface area (Å²) in [5.41, 5.74) is 5.27. The van der Waals surface area contributed by atoms with E-state index in [-0.39, 0.29) is 11.7 Å². The molecule has 0 atom stereocenters. The van der Waals surface area contributed by atoms with Crippen molar-refractivity contribution in [2.75, 3.05) is 5.75 Å². The molecule has 1 aromatic carbocycles. The molecule has 0 bridgehead atoms. The zero-order valence-corrected chi connectivity index (χ0v) is 15.2. The SMILES string of the molecule is Cc1cc(C)nc(SCC(=O)NN=Cc2ccccc2I)n1. The van der Waals surface area contributed by atoms with Gasteiger partial charge < -0.3 is 0 Å². The maximum absolute atomic E-state index is 11.8. The van der Waals surface area contributed by atoms with Crippen LogP contribution in [0.1, 0.15) is 17.0 Å². The van der Waals surface area contributed by atoms with Gasteiger partial charge in [0.2, 0.25) is 0 Å². The molecular weight excluding hydrogens is 411 g/mol. The zero-order chi connectivity index (χ0) is 15.9. The van der Waals surface area contributed by atoms with Crippen LogP contribution in [0.3, 0.4) is 0 Å². The number of thioether (sulfide) groups is 1. The van der Waals surface area contributed by atoms with E-state index in [0.717, 1.165) is 20.5 Å². The molecule has 22 heavy (non-hydrogen) atoms. The standard InChI is InChI=1S/C15H15IN4OS/c1-10-7-11(2)19-15(18-10)22-9-14(21)20-17-8-12-5-3-4-6-13(12)16/h3-8H,9H2,1-2H3,(H,20,21). The molecule has 0 aliphatic heterocycles. The molecule has 7 heteroatoms. The summed E-state index contributed by atoms with van der Waals surface area (Å²) in [5.74, 6) is 0.0431. The highest BCUT2D eigenvalue weighted by Crippen LogP contribution is 2.13. The first-order valence-corrected chi connectivity index (χ1v) is 8.62. The maximum atomic E-state index is 11.8. The van der Waals surface area contributed by atoms with E-state index in [1.54, 1.807) is 6.21 Å². The molecule has 2 aromatic rings. The van der Waals surface area contributed by atoms with Gasteiger partial charge in [0, 0.05) is 20.5 Å². The molecule has 2 rings (SSSR count). The molecule has 1 aromatic heterocycles. The van der Waals surface area contributed by atoms with Crippen molar-refractivity contribution >= 4 is 46.5 Å². The topological polar surface area (TPSA) is 67.2 Å². The number of amides is 1. The molecule has 0 fully saturated rings. The van der Waals surface area contributed by atoms with Crippen LogP contribution >= 0.6 is 34.4 Å². The van der Waals surface area contributed by atoms with E-state index in [2.05, 4.69) is 43.1 Å². The van der Waals surface area contributed by atoms with Gasteiger partial charge in [-0.25, -0.2) is 15.4 Å². The molecule has 0 aliphatic carbocycles. The second-order valence-electron chi connectivity index (χ2n) is 4.54. The third-order valence-electron chi connectivity index (χ3n) is 2.59. The Balaban J connectivity index is 1.84. The quantitative estimate of drug-likeness (QED) is 0.263. The highest BCUT2D eigenvalue weighted by Gasteiger charge is 2.05. The van der Waals surface area contributed by atoms with Crippen LogP contribution in [0.2, 0.25) is 0 Å². The van der Waals surface area contributed by atoms with Crippen LogP contribution in [0.25, 0.3) is 0 Å². The van der Waals surface area contributed by atoms with E-state index in [0.29, 0.717) is 5.16 Å². The zero-order valence-electron chi connectivity index (χ0n) is 12.2. The minimum absolute atomic E-state index is 0.185. The number of hydrogen-bond donors (Lipinski definition) is 1. The molecule has 0 aliphatic rings. The van der Waals surface area contributed by atoms with E-state index >= 15 is 0 Å². The third kappa shape index (κ3) is 5.38. The van der Waals surface area contributed by atoms with Crippen LogP contribution in [0.5, 0.6) is 0 Å². The minimum atomic E-state index is -0.185. The maximum Gasteiger partial charge on any atom is 0.250 e. The van der Waals surface area contributed by atoms with Crippen molar-refractivity contribution in [1.82, 2.24) is 15.4 Å². The Morgan fingerprint density at radius 1 is 1.32 bits per heavy atom. The monoisotopic (exact) mass is 426 g/mol. The van der Waals surface area contributed by atoms with Gasteiger partial charge in [-0.15, -0.1) is 0 Å². The highest BCUT2D eigenvalue weighted by molar-refractivity contribution is 14.1. The fourth-order valence-corrected chi connectivity index (χ4v) is 2.94. The molecule has 5 nitrogen and oxygen atoms in total. The van der Waals surface area contributed by atoms with Crippen LogP contribution in [-0.4, -0.2) is 27.8 Å². The van der Waals surface area contributed by atoms with Crippen molar-refractivity contribution in [1.29, 1.82) is 0 Å². The minimum Gasteiger partial charge on any atom is -0.272 e. The summed E-state index contributed by atoms with van der Waals surface area (Å²) in [5, 5.41) is 4.57. The van der Waals surface area contributed by atoms with Crippen LogP contribution in [0.4, 0.5) is 0 Å². The number of aryl methyl sites for hydroxylation is 2. The Hall–Kier alpha value is -1.48. The Bertz CT molecular complexity index is 685. The van der Waals surface area contributed by atoms with E-state index in [1.807, 2.05) is 44.2 Å². The number of aromatic nitrogens is 2. The normalized spacial score (nSPS) is 10.9. The summed E-state index contributed by atoms with van der Waals surface area (Å²) in [6, 6.07) is 9.71. The van der Waals surface area contributed by atoms with Crippen LogP contribution < -0.4 is 5.43 Å². The lowest BCUT2D eigenvalue weighted by molar-refractivity contribution is -0.118. The van der Waals surface area contributed by atoms with E-state index < -0.39 is 0 Å². The highest BCUT2D eigenvalue weighted by atomic mass is 127. The average Bonchev–Trinajstić information content (AvgIpc) is 2.46. The molecule has 1 N–H and O–H groups in total. The van der Waals surface area contributed by atoms with Gasteiger partial charge in [0.1, 0.15) is 0 Å². The van der Waals surface area contributed by atoms with Crippen molar-refractivity contribution in [3.8, 4) is 0 Å². The molecule has 114 valence electrons. The predicted molar refractivity (Wildman–Crippen MR) is 97.1 cm³/mol. The lowest BCUT2D eigenvalue weighted by Crippen LogP contribution is -2.20. The number of halogens is 1. The predicted octanol–water partition coefficient (Wildman–Crippen LogP) is 2.94. The smallest absolute Gasteiger partial charge is 0.250 e. The molecule has 1 heterocycles. The fourth-order valence-electron chi connectivity index (χ4n) is 1.67. The van der Waals surface area contributed by atoms with Crippen LogP contribution in [0.15, 0.2) is 40.6 Å². The Morgan fingerprint density at radius 3 is 2.68 bits per heavy atom. The van der Waals surface area contributed by atoms with Crippen LogP contribution in [0, 0.1) is 17.4 Å². The molecule has 0 unspecified atom stereocenters. The van der Waals surface area contributed by atoms with Gasteiger partial charge >= 0.3 is 0 Å². The Labute approximate surface area is 147 Å². The summed E-state index contributed by atoms with van der Waals surface area (Å²) >= 11 is 3.52. The van der Waals surface area contributed by atoms with E-state index in [9.17, 15) is 4.79 Å². The third-order valence-corrected chi connectivity index (χ3v) is 4.42. The summed E-state index contributed by atoms with van der Waals surface area (Å²) < 4.78 is 1.08. The van der Waals surface area contributed by atoms with Gasteiger partial charge in [-0.2, -0.15) is 5.10 Å². The number of rotatable bonds is 5. The number of carbonyl (C=O) groups excluding carboxylic acids is 1. The molecule has 0 saturated heterocycles. The second-order valence-corrected chi connectivity index (χ2v) is 6.64. The van der Waals surface area contributed by atoms with Gasteiger partial charge in [-0.05, 0) is 48.6 Å². The van der Waals surface area contributed by atoms with Gasteiger partial charge in [-0.1, -0.05) is 30.0 Å². The van der Waals surface area contributed by atoms with Gasteiger partial charge in [0.25, 0.3) is 5.91 Å². The molecule has 1 amide bonds. The molecule has 0 spiro atoms. The van der Waals surface area contributed by atoms with Crippen molar-refractivity contribution in [2.24, 2.45) is 5.10 Å². The first-order chi connectivity index (χ1) is 10.5. The number of nitrogens with one attached hydrogen (secondary N) is 1. The summed E-state index contributed by atoms with van der Waals surface area (Å²) in [4.78, 5) is 20.3. The molecule has 0 radical (unpaired) electrons. The number of hydrazone groups is 1.